The van der Waals surface area contributed by atoms with Gasteiger partial charge in [-0.3, -0.25) is 14.7 Å². The van der Waals surface area contributed by atoms with Gasteiger partial charge in [-0.1, -0.05) is 36.4 Å². The lowest BCUT2D eigenvalue weighted by molar-refractivity contribution is 0.0950. The van der Waals surface area contributed by atoms with Crippen LogP contribution in [0.2, 0.25) is 0 Å². The van der Waals surface area contributed by atoms with Crippen LogP contribution in [0.1, 0.15) is 51.8 Å². The Morgan fingerprint density at radius 1 is 1.06 bits per heavy atom. The van der Waals surface area contributed by atoms with Gasteiger partial charge in [-0.2, -0.15) is 0 Å². The van der Waals surface area contributed by atoms with Gasteiger partial charge in [-0.15, -0.1) is 0 Å². The first kappa shape index (κ1) is 21.1. The van der Waals surface area contributed by atoms with Crippen molar-refractivity contribution in [3.8, 4) is 0 Å². The number of aryl methyl sites for hydroxylation is 1. The molecule has 1 saturated heterocycles. The minimum Gasteiger partial charge on any atom is -0.352 e. The van der Waals surface area contributed by atoms with E-state index in [0.29, 0.717) is 17.9 Å². The Bertz CT molecular complexity index is 985. The van der Waals surface area contributed by atoms with Crippen LogP contribution in [0.4, 0.5) is 0 Å². The van der Waals surface area contributed by atoms with E-state index in [-0.39, 0.29) is 11.8 Å². The molecular weight excluding hydrogens is 386 g/mol. The van der Waals surface area contributed by atoms with E-state index >= 15 is 0 Å². The number of nitrogens with one attached hydrogen (secondary N) is 1. The Morgan fingerprint density at radius 2 is 1.84 bits per heavy atom. The Balaban J connectivity index is 1.37. The van der Waals surface area contributed by atoms with Crippen molar-refractivity contribution < 1.29 is 4.79 Å². The smallest absolute Gasteiger partial charge is 0.254 e. The number of piperidine rings is 1. The summed E-state index contributed by atoms with van der Waals surface area (Å²) in [6, 6.07) is 14.5. The van der Waals surface area contributed by atoms with Gasteiger partial charge in [0.15, 0.2) is 0 Å². The van der Waals surface area contributed by atoms with E-state index in [1.54, 1.807) is 12.4 Å². The molecule has 0 bridgehead atoms. The van der Waals surface area contributed by atoms with Gasteiger partial charge in [-0.25, -0.2) is 9.97 Å². The summed E-state index contributed by atoms with van der Waals surface area (Å²) in [7, 11) is 0. The minimum atomic E-state index is -0.0920. The van der Waals surface area contributed by atoms with Crippen molar-refractivity contribution in [2.75, 3.05) is 19.6 Å². The molecule has 0 spiro atoms. The van der Waals surface area contributed by atoms with Gasteiger partial charge in [0, 0.05) is 37.6 Å². The fourth-order valence-electron chi connectivity index (χ4n) is 4.14. The van der Waals surface area contributed by atoms with E-state index in [1.165, 1.54) is 5.56 Å². The zero-order chi connectivity index (χ0) is 21.5. The zero-order valence-electron chi connectivity index (χ0n) is 18.0. The second kappa shape index (κ2) is 10.3. The van der Waals surface area contributed by atoms with E-state index in [2.05, 4.69) is 50.5 Å². The van der Waals surface area contributed by atoms with Crippen LogP contribution in [0.25, 0.3) is 0 Å². The van der Waals surface area contributed by atoms with Crippen molar-refractivity contribution in [2.24, 2.45) is 0 Å². The van der Waals surface area contributed by atoms with E-state index < -0.39 is 0 Å². The standard InChI is InChI=1S/C25H29N5O/c1-19-28-17-23(25(31)27-13-9-20-8-5-12-26-16-20)24(29-19)22-10-14-30(15-11-22)18-21-6-3-2-4-7-21/h2-8,12,16-17,22H,9-11,13-15,18H2,1H3,(H,27,31). The molecule has 0 saturated carbocycles. The first-order valence-corrected chi connectivity index (χ1v) is 11.0. The number of rotatable bonds is 7. The minimum absolute atomic E-state index is 0.0920. The fraction of sp³-hybridized carbons (Fsp3) is 0.360. The van der Waals surface area contributed by atoms with Crippen molar-refractivity contribution in [3.05, 3.63) is 89.3 Å². The SMILES string of the molecule is Cc1ncc(C(=O)NCCc2cccnc2)c(C2CCN(Cc3ccccc3)CC2)n1. The molecule has 0 atom stereocenters. The lowest BCUT2D eigenvalue weighted by atomic mass is 9.90. The molecule has 0 aliphatic carbocycles. The molecule has 6 heteroatoms. The molecule has 1 fully saturated rings. The Morgan fingerprint density at radius 3 is 2.58 bits per heavy atom. The summed E-state index contributed by atoms with van der Waals surface area (Å²) in [5, 5.41) is 3.03. The molecule has 2 aromatic heterocycles. The van der Waals surface area contributed by atoms with Gasteiger partial charge in [0.1, 0.15) is 5.82 Å². The molecule has 1 aliphatic rings. The van der Waals surface area contributed by atoms with Gasteiger partial charge in [0.2, 0.25) is 0 Å². The van der Waals surface area contributed by atoms with Crippen LogP contribution in [0.15, 0.2) is 61.1 Å². The van der Waals surface area contributed by atoms with Crippen molar-refractivity contribution in [1.82, 2.24) is 25.2 Å². The first-order valence-electron chi connectivity index (χ1n) is 11.0. The van der Waals surface area contributed by atoms with Crippen molar-refractivity contribution >= 4 is 5.91 Å². The highest BCUT2D eigenvalue weighted by Crippen LogP contribution is 2.29. The Labute approximate surface area is 183 Å². The molecule has 1 aromatic carbocycles. The van der Waals surface area contributed by atoms with E-state index in [1.807, 2.05) is 25.3 Å². The number of hydrogen-bond donors (Lipinski definition) is 1. The number of nitrogens with zero attached hydrogens (tertiary/aromatic N) is 4. The van der Waals surface area contributed by atoms with Crippen LogP contribution in [0.5, 0.6) is 0 Å². The van der Waals surface area contributed by atoms with E-state index in [4.69, 9.17) is 4.98 Å². The molecule has 31 heavy (non-hydrogen) atoms. The van der Waals surface area contributed by atoms with E-state index in [0.717, 1.165) is 50.2 Å². The first-order chi connectivity index (χ1) is 15.2. The van der Waals surface area contributed by atoms with Gasteiger partial charge in [-0.05, 0) is 56.5 Å². The molecular formula is C25H29N5O. The van der Waals surface area contributed by atoms with Crippen LogP contribution in [-0.4, -0.2) is 45.4 Å². The lowest BCUT2D eigenvalue weighted by Crippen LogP contribution is -2.34. The fourth-order valence-corrected chi connectivity index (χ4v) is 4.14. The van der Waals surface area contributed by atoms with Crippen LogP contribution in [0.3, 0.4) is 0 Å². The van der Waals surface area contributed by atoms with Gasteiger partial charge in [0.05, 0.1) is 11.3 Å². The maximum absolute atomic E-state index is 12.9. The summed E-state index contributed by atoms with van der Waals surface area (Å²) < 4.78 is 0. The summed E-state index contributed by atoms with van der Waals surface area (Å²) in [4.78, 5) is 28.5. The number of aromatic nitrogens is 3. The van der Waals surface area contributed by atoms with Crippen molar-refractivity contribution in [3.63, 3.8) is 0 Å². The average molecular weight is 416 g/mol. The average Bonchev–Trinajstić information content (AvgIpc) is 2.81. The van der Waals surface area contributed by atoms with Crippen LogP contribution in [-0.2, 0) is 13.0 Å². The van der Waals surface area contributed by atoms with Crippen LogP contribution < -0.4 is 5.32 Å². The largest absolute Gasteiger partial charge is 0.352 e. The molecule has 6 nitrogen and oxygen atoms in total. The number of benzene rings is 1. The topological polar surface area (TPSA) is 71.0 Å². The predicted octanol–water partition coefficient (Wildman–Crippen LogP) is 3.53. The number of pyridine rings is 1. The van der Waals surface area contributed by atoms with Crippen LogP contribution in [0, 0.1) is 6.92 Å². The highest BCUT2D eigenvalue weighted by molar-refractivity contribution is 5.95. The number of likely N-dealkylation sites (tertiary alicyclic amines) is 1. The predicted molar refractivity (Wildman–Crippen MR) is 121 cm³/mol. The lowest BCUT2D eigenvalue weighted by Gasteiger charge is -2.32. The molecule has 0 radical (unpaired) electrons. The highest BCUT2D eigenvalue weighted by atomic mass is 16.1. The summed E-state index contributed by atoms with van der Waals surface area (Å²) in [6.07, 6.45) is 8.02. The number of carbonyl (C=O) groups is 1. The molecule has 3 heterocycles. The zero-order valence-corrected chi connectivity index (χ0v) is 18.0. The summed E-state index contributed by atoms with van der Waals surface area (Å²) in [5.74, 6) is 0.909. The maximum atomic E-state index is 12.9. The third-order valence-corrected chi connectivity index (χ3v) is 5.83. The second-order valence-electron chi connectivity index (χ2n) is 8.12. The van der Waals surface area contributed by atoms with Crippen molar-refractivity contribution in [1.29, 1.82) is 0 Å². The highest BCUT2D eigenvalue weighted by Gasteiger charge is 2.26. The molecule has 1 N–H and O–H groups in total. The van der Waals surface area contributed by atoms with Crippen molar-refractivity contribution in [2.45, 2.75) is 38.6 Å². The maximum Gasteiger partial charge on any atom is 0.254 e. The molecule has 3 aromatic rings. The summed E-state index contributed by atoms with van der Waals surface area (Å²) in [6.45, 7) is 5.43. The Kier molecular flexibility index (Phi) is 6.99. The van der Waals surface area contributed by atoms with Gasteiger partial charge in [0.25, 0.3) is 5.91 Å². The van der Waals surface area contributed by atoms with Gasteiger partial charge < -0.3 is 5.32 Å². The number of carbonyl (C=O) groups excluding carboxylic acids is 1. The molecule has 1 aliphatic heterocycles. The number of hydrogen-bond acceptors (Lipinski definition) is 5. The third-order valence-electron chi connectivity index (χ3n) is 5.83. The molecule has 0 unspecified atom stereocenters. The normalized spacial score (nSPS) is 15.0. The quantitative estimate of drug-likeness (QED) is 0.639. The second-order valence-corrected chi connectivity index (χ2v) is 8.12. The summed E-state index contributed by atoms with van der Waals surface area (Å²) in [5.41, 5.74) is 3.95. The van der Waals surface area contributed by atoms with Gasteiger partial charge >= 0.3 is 0 Å². The number of amides is 1. The molecule has 1 amide bonds. The van der Waals surface area contributed by atoms with E-state index in [9.17, 15) is 4.79 Å². The molecule has 4 rings (SSSR count). The molecule has 160 valence electrons. The Hall–Kier alpha value is -3.12. The third kappa shape index (κ3) is 5.73. The van der Waals surface area contributed by atoms with Crippen LogP contribution >= 0.6 is 0 Å². The summed E-state index contributed by atoms with van der Waals surface area (Å²) >= 11 is 0. The monoisotopic (exact) mass is 415 g/mol.